The first-order valence-corrected chi connectivity index (χ1v) is 7.30. The van der Waals surface area contributed by atoms with E-state index in [4.69, 9.17) is 0 Å². The van der Waals surface area contributed by atoms with Gasteiger partial charge < -0.3 is 10.4 Å². The summed E-state index contributed by atoms with van der Waals surface area (Å²) in [5, 5.41) is 12.3. The van der Waals surface area contributed by atoms with Gasteiger partial charge in [-0.05, 0) is 25.1 Å². The molecule has 5 nitrogen and oxygen atoms in total. The number of hydrogen-bond acceptors (Lipinski definition) is 4. The number of hydrogen-bond donors (Lipinski definition) is 3. The molecule has 0 saturated carbocycles. The standard InChI is InChI=1S/C12H20N2O3S/c1-9(2)11(8-15)14-10-6-4-5-7-12(10)18(16,17)13-3/h4-7,9,11,13-15H,8H2,1-3H3. The SMILES string of the molecule is CNS(=O)(=O)c1ccccc1NC(CO)C(C)C. The van der Waals surface area contributed by atoms with E-state index in [1.54, 1.807) is 18.2 Å². The molecule has 0 fully saturated rings. The molecule has 0 aliphatic heterocycles. The Morgan fingerprint density at radius 1 is 1.28 bits per heavy atom. The maximum Gasteiger partial charge on any atom is 0.242 e. The number of aliphatic hydroxyl groups excluding tert-OH is 1. The van der Waals surface area contributed by atoms with E-state index in [0.29, 0.717) is 5.69 Å². The molecule has 0 bridgehead atoms. The minimum Gasteiger partial charge on any atom is -0.394 e. The minimum atomic E-state index is -3.50. The average molecular weight is 272 g/mol. The van der Waals surface area contributed by atoms with Crippen LogP contribution in [0.3, 0.4) is 0 Å². The summed E-state index contributed by atoms with van der Waals surface area (Å²) >= 11 is 0. The van der Waals surface area contributed by atoms with Crippen molar-refractivity contribution in [2.75, 3.05) is 19.0 Å². The molecule has 1 unspecified atom stereocenters. The summed E-state index contributed by atoms with van der Waals surface area (Å²) in [6.07, 6.45) is 0. The van der Waals surface area contributed by atoms with Gasteiger partial charge in [-0.15, -0.1) is 0 Å². The Balaban J connectivity index is 3.11. The lowest BCUT2D eigenvalue weighted by Gasteiger charge is -2.22. The summed E-state index contributed by atoms with van der Waals surface area (Å²) in [5.41, 5.74) is 0.500. The molecule has 0 amide bonds. The molecule has 0 radical (unpaired) electrons. The molecule has 0 heterocycles. The van der Waals surface area contributed by atoms with Crippen molar-refractivity contribution < 1.29 is 13.5 Å². The fraction of sp³-hybridized carbons (Fsp3) is 0.500. The quantitative estimate of drug-likeness (QED) is 0.722. The van der Waals surface area contributed by atoms with Gasteiger partial charge >= 0.3 is 0 Å². The smallest absolute Gasteiger partial charge is 0.242 e. The second kappa shape index (κ2) is 6.17. The third kappa shape index (κ3) is 3.44. The van der Waals surface area contributed by atoms with Crippen molar-refractivity contribution in [3.05, 3.63) is 24.3 Å². The molecular weight excluding hydrogens is 252 g/mol. The van der Waals surface area contributed by atoms with Crippen LogP contribution >= 0.6 is 0 Å². The molecule has 3 N–H and O–H groups in total. The zero-order valence-corrected chi connectivity index (χ0v) is 11.7. The predicted molar refractivity (Wildman–Crippen MR) is 72.0 cm³/mol. The lowest BCUT2D eigenvalue weighted by atomic mass is 10.1. The molecule has 0 aliphatic carbocycles. The Kier molecular flexibility index (Phi) is 5.13. The van der Waals surface area contributed by atoms with Crippen molar-refractivity contribution >= 4 is 15.7 Å². The number of benzene rings is 1. The number of anilines is 1. The average Bonchev–Trinajstić information content (AvgIpc) is 2.35. The largest absolute Gasteiger partial charge is 0.394 e. The molecule has 102 valence electrons. The van der Waals surface area contributed by atoms with Gasteiger partial charge in [0, 0.05) is 0 Å². The summed E-state index contributed by atoms with van der Waals surface area (Å²) in [5.74, 6) is 0.195. The Bertz CT molecular complexity index is 486. The van der Waals surface area contributed by atoms with Gasteiger partial charge in [-0.25, -0.2) is 13.1 Å². The molecular formula is C12H20N2O3S. The van der Waals surface area contributed by atoms with E-state index in [1.807, 2.05) is 13.8 Å². The van der Waals surface area contributed by atoms with Crippen LogP contribution in [0.15, 0.2) is 29.2 Å². The molecule has 1 aromatic rings. The monoisotopic (exact) mass is 272 g/mol. The highest BCUT2D eigenvalue weighted by atomic mass is 32.2. The van der Waals surface area contributed by atoms with Gasteiger partial charge in [0.2, 0.25) is 10.0 Å². The van der Waals surface area contributed by atoms with E-state index in [1.165, 1.54) is 13.1 Å². The zero-order chi connectivity index (χ0) is 13.8. The summed E-state index contributed by atoms with van der Waals surface area (Å²) < 4.78 is 26.0. The predicted octanol–water partition coefficient (Wildman–Crippen LogP) is 1.02. The maximum atomic E-state index is 11.8. The van der Waals surface area contributed by atoms with Crippen LogP contribution in [0.25, 0.3) is 0 Å². The second-order valence-corrected chi connectivity index (χ2v) is 6.24. The first-order valence-electron chi connectivity index (χ1n) is 5.82. The van der Waals surface area contributed by atoms with Gasteiger partial charge in [0.1, 0.15) is 4.90 Å². The van der Waals surface area contributed by atoms with Crippen LogP contribution in [0, 0.1) is 5.92 Å². The van der Waals surface area contributed by atoms with Crippen molar-refractivity contribution in [3.63, 3.8) is 0 Å². The van der Waals surface area contributed by atoms with Crippen LogP contribution in [0.4, 0.5) is 5.69 Å². The van der Waals surface area contributed by atoms with Crippen molar-refractivity contribution in [1.82, 2.24) is 4.72 Å². The lowest BCUT2D eigenvalue weighted by molar-refractivity contribution is 0.249. The third-order valence-electron chi connectivity index (χ3n) is 2.79. The highest BCUT2D eigenvalue weighted by Gasteiger charge is 2.19. The van der Waals surface area contributed by atoms with E-state index in [-0.39, 0.29) is 23.5 Å². The third-order valence-corrected chi connectivity index (χ3v) is 4.26. The van der Waals surface area contributed by atoms with Gasteiger partial charge in [0.15, 0.2) is 0 Å². The van der Waals surface area contributed by atoms with Crippen molar-refractivity contribution in [3.8, 4) is 0 Å². The van der Waals surface area contributed by atoms with Gasteiger partial charge in [0.05, 0.1) is 18.3 Å². The van der Waals surface area contributed by atoms with Crippen LogP contribution in [0.1, 0.15) is 13.8 Å². The highest BCUT2D eigenvalue weighted by molar-refractivity contribution is 7.89. The fourth-order valence-electron chi connectivity index (χ4n) is 1.55. The summed E-state index contributed by atoms with van der Waals surface area (Å²) in [7, 11) is -2.13. The van der Waals surface area contributed by atoms with Crippen molar-refractivity contribution in [2.24, 2.45) is 5.92 Å². The van der Waals surface area contributed by atoms with Gasteiger partial charge in [-0.3, -0.25) is 0 Å². The Morgan fingerprint density at radius 2 is 1.89 bits per heavy atom. The topological polar surface area (TPSA) is 78.4 Å². The summed E-state index contributed by atoms with van der Waals surface area (Å²) in [6.45, 7) is 3.87. The fourth-order valence-corrected chi connectivity index (χ4v) is 2.45. The van der Waals surface area contributed by atoms with Gasteiger partial charge in [-0.2, -0.15) is 0 Å². The van der Waals surface area contributed by atoms with Crippen LogP contribution in [-0.4, -0.2) is 33.2 Å². The van der Waals surface area contributed by atoms with E-state index < -0.39 is 10.0 Å². The zero-order valence-electron chi connectivity index (χ0n) is 10.8. The van der Waals surface area contributed by atoms with Gasteiger partial charge in [0.25, 0.3) is 0 Å². The van der Waals surface area contributed by atoms with Crippen LogP contribution in [0.2, 0.25) is 0 Å². The van der Waals surface area contributed by atoms with E-state index in [2.05, 4.69) is 10.0 Å². The van der Waals surface area contributed by atoms with Crippen LogP contribution in [0.5, 0.6) is 0 Å². The number of sulfonamides is 1. The Hall–Kier alpha value is -1.11. The molecule has 18 heavy (non-hydrogen) atoms. The molecule has 6 heteroatoms. The Labute approximate surface area is 108 Å². The first kappa shape index (κ1) is 14.9. The molecule has 0 aliphatic rings. The van der Waals surface area contributed by atoms with E-state index >= 15 is 0 Å². The van der Waals surface area contributed by atoms with E-state index in [9.17, 15) is 13.5 Å². The molecule has 0 spiro atoms. The number of nitrogens with one attached hydrogen (secondary N) is 2. The maximum absolute atomic E-state index is 11.8. The van der Waals surface area contributed by atoms with Crippen molar-refractivity contribution in [2.45, 2.75) is 24.8 Å². The number of rotatable bonds is 6. The minimum absolute atomic E-state index is 0.0500. The van der Waals surface area contributed by atoms with Crippen LogP contribution < -0.4 is 10.0 Å². The van der Waals surface area contributed by atoms with Crippen molar-refractivity contribution in [1.29, 1.82) is 0 Å². The molecule has 1 aromatic carbocycles. The number of para-hydroxylation sites is 1. The summed E-state index contributed by atoms with van der Waals surface area (Å²) in [4.78, 5) is 0.187. The van der Waals surface area contributed by atoms with Crippen LogP contribution in [-0.2, 0) is 10.0 Å². The second-order valence-electron chi connectivity index (χ2n) is 4.38. The Morgan fingerprint density at radius 3 is 2.39 bits per heavy atom. The van der Waals surface area contributed by atoms with Gasteiger partial charge in [-0.1, -0.05) is 26.0 Å². The molecule has 1 atom stereocenters. The highest BCUT2D eigenvalue weighted by Crippen LogP contribution is 2.22. The first-order chi connectivity index (χ1) is 8.42. The lowest BCUT2D eigenvalue weighted by Crippen LogP contribution is -2.31. The van der Waals surface area contributed by atoms with E-state index in [0.717, 1.165) is 0 Å². The normalized spacial score (nSPS) is 13.6. The molecule has 0 saturated heterocycles. The molecule has 1 rings (SSSR count). The molecule has 0 aromatic heterocycles. The number of aliphatic hydroxyl groups is 1. The summed E-state index contributed by atoms with van der Waals surface area (Å²) in [6, 6.07) is 6.46.